The van der Waals surface area contributed by atoms with Crippen molar-refractivity contribution < 1.29 is 22.7 Å². The van der Waals surface area contributed by atoms with Crippen molar-refractivity contribution >= 4 is 66.7 Å². The van der Waals surface area contributed by atoms with Gasteiger partial charge in [-0.05, 0) is 85.1 Å². The Morgan fingerprint density at radius 2 is 1.67 bits per heavy atom. The summed E-state index contributed by atoms with van der Waals surface area (Å²) in [7, 11) is -2.77. The molecule has 0 heterocycles. The quantitative estimate of drug-likeness (QED) is 0.238. The lowest BCUT2D eigenvalue weighted by Gasteiger charge is -2.33. The minimum atomic E-state index is -4.25. The highest BCUT2D eigenvalue weighted by molar-refractivity contribution is 9.10. The summed E-state index contributed by atoms with van der Waals surface area (Å²) in [5.74, 6) is -0.462. The number of methoxy groups -OCH3 is 1. The maximum Gasteiger partial charge on any atom is 0.264 e. The van der Waals surface area contributed by atoms with E-state index in [0.29, 0.717) is 31.5 Å². The molecule has 0 unspecified atom stereocenters. The summed E-state index contributed by atoms with van der Waals surface area (Å²) in [6.45, 7) is 2.84. The Balaban J connectivity index is 1.73. The largest absolute Gasteiger partial charge is 0.496 e. The summed E-state index contributed by atoms with van der Waals surface area (Å²) in [6, 6.07) is 15.3. The van der Waals surface area contributed by atoms with Crippen LogP contribution < -0.4 is 14.4 Å². The number of benzene rings is 3. The molecule has 3 aromatic rings. The van der Waals surface area contributed by atoms with Crippen molar-refractivity contribution in [2.75, 3.05) is 18.0 Å². The third-order valence-corrected chi connectivity index (χ3v) is 10.7. The minimum Gasteiger partial charge on any atom is -0.496 e. The third-order valence-electron chi connectivity index (χ3n) is 7.57. The number of nitrogens with zero attached hydrogens (tertiary/aromatic N) is 2. The maximum atomic E-state index is 14.2. The Hall–Kier alpha value is -2.79. The van der Waals surface area contributed by atoms with Crippen molar-refractivity contribution in [1.82, 2.24) is 10.2 Å². The van der Waals surface area contributed by atoms with Gasteiger partial charge < -0.3 is 15.0 Å². The first kappa shape index (κ1) is 33.1. The third kappa shape index (κ3) is 7.84. The summed E-state index contributed by atoms with van der Waals surface area (Å²) < 4.78 is 35.0. The van der Waals surface area contributed by atoms with E-state index in [0.717, 1.165) is 35.6 Å². The molecule has 0 saturated heterocycles. The number of hydrogen-bond donors (Lipinski definition) is 1. The first-order valence-electron chi connectivity index (χ1n) is 13.9. The summed E-state index contributed by atoms with van der Waals surface area (Å²) >= 11 is 16.3. The fraction of sp³-hybridized carbons (Fsp3) is 0.355. The Bertz CT molecular complexity index is 1560. The van der Waals surface area contributed by atoms with Crippen LogP contribution in [0.3, 0.4) is 0 Å². The van der Waals surface area contributed by atoms with Gasteiger partial charge in [-0.15, -0.1) is 0 Å². The maximum absolute atomic E-state index is 14.2. The van der Waals surface area contributed by atoms with Crippen LogP contribution in [0.4, 0.5) is 5.69 Å². The number of hydrogen-bond acceptors (Lipinski definition) is 5. The van der Waals surface area contributed by atoms with Crippen LogP contribution >= 0.6 is 39.1 Å². The molecule has 0 radical (unpaired) electrons. The van der Waals surface area contributed by atoms with Gasteiger partial charge in [0.05, 0.1) is 22.2 Å². The molecule has 1 atom stereocenters. The zero-order chi connectivity index (χ0) is 31.3. The molecule has 1 aliphatic carbocycles. The van der Waals surface area contributed by atoms with Crippen molar-refractivity contribution in [3.05, 3.63) is 86.3 Å². The van der Waals surface area contributed by atoms with Crippen LogP contribution in [0.25, 0.3) is 0 Å². The lowest BCUT2D eigenvalue weighted by Crippen LogP contribution is -2.52. The molecule has 0 bridgehead atoms. The van der Waals surface area contributed by atoms with E-state index in [4.69, 9.17) is 27.9 Å². The van der Waals surface area contributed by atoms with Gasteiger partial charge in [0, 0.05) is 28.2 Å². The van der Waals surface area contributed by atoms with Crippen molar-refractivity contribution in [2.24, 2.45) is 0 Å². The average molecular weight is 712 g/mol. The first-order chi connectivity index (χ1) is 20.4. The number of carbonyl (C=O) groups excluding carboxylic acids is 2. The number of carbonyl (C=O) groups is 2. The van der Waals surface area contributed by atoms with E-state index in [1.165, 1.54) is 30.2 Å². The zero-order valence-corrected chi connectivity index (χ0v) is 28.1. The monoisotopic (exact) mass is 709 g/mol. The highest BCUT2D eigenvalue weighted by Crippen LogP contribution is 2.32. The number of amides is 2. The number of ether oxygens (including phenoxy) is 1. The summed E-state index contributed by atoms with van der Waals surface area (Å²) in [4.78, 5) is 28.9. The Morgan fingerprint density at radius 1 is 1.05 bits per heavy atom. The highest BCUT2D eigenvalue weighted by atomic mass is 79.9. The van der Waals surface area contributed by atoms with Gasteiger partial charge >= 0.3 is 0 Å². The van der Waals surface area contributed by atoms with Gasteiger partial charge in [-0.2, -0.15) is 0 Å². The van der Waals surface area contributed by atoms with Crippen LogP contribution in [0, 0.1) is 6.92 Å². The Morgan fingerprint density at radius 3 is 2.26 bits per heavy atom. The summed E-state index contributed by atoms with van der Waals surface area (Å²) in [5.41, 5.74) is 1.68. The van der Waals surface area contributed by atoms with E-state index in [1.807, 2.05) is 6.92 Å². The Labute approximate surface area is 271 Å². The molecule has 1 N–H and O–H groups in total. The van der Waals surface area contributed by atoms with Crippen molar-refractivity contribution in [2.45, 2.75) is 63.1 Å². The number of rotatable bonds is 11. The molecule has 12 heteroatoms. The second kappa shape index (κ2) is 14.3. The van der Waals surface area contributed by atoms with Gasteiger partial charge in [-0.25, -0.2) is 8.42 Å². The van der Waals surface area contributed by atoms with Gasteiger partial charge in [0.2, 0.25) is 11.8 Å². The zero-order valence-electron chi connectivity index (χ0n) is 24.1. The van der Waals surface area contributed by atoms with Crippen molar-refractivity contribution in [3.63, 3.8) is 0 Å². The van der Waals surface area contributed by atoms with Gasteiger partial charge in [-0.1, -0.05) is 59.8 Å². The number of halogens is 3. The second-order valence-corrected chi connectivity index (χ2v) is 14.1. The van der Waals surface area contributed by atoms with Crippen LogP contribution in [-0.4, -0.2) is 50.9 Å². The van der Waals surface area contributed by atoms with E-state index >= 15 is 0 Å². The van der Waals surface area contributed by atoms with E-state index < -0.39 is 28.5 Å². The molecule has 0 aromatic heterocycles. The number of nitrogens with one attached hydrogen (secondary N) is 1. The predicted octanol–water partition coefficient (Wildman–Crippen LogP) is 6.74. The van der Waals surface area contributed by atoms with E-state index in [2.05, 4.69) is 21.2 Å². The van der Waals surface area contributed by atoms with Crippen molar-refractivity contribution in [1.29, 1.82) is 0 Å². The standard InChI is InChI=1S/C31H34BrCl2N3O5S/c1-20-11-13-23(14-12-20)37(43(40,41)24-15-16-29(42-3)26(32)17-24)19-30(38)36(18-25-27(33)9-6-10-28(25)34)21(2)31(39)35-22-7-4-5-8-22/h6,9-17,21-22H,4-5,7-8,18-19H2,1-3H3,(H,35,39)/t21-/m1/s1. The lowest BCUT2D eigenvalue weighted by atomic mass is 10.1. The molecule has 230 valence electrons. The van der Waals surface area contributed by atoms with Crippen LogP contribution in [0.15, 0.2) is 70.0 Å². The minimum absolute atomic E-state index is 0.0359. The normalized spacial score (nSPS) is 14.3. The molecule has 1 aliphatic rings. The molecule has 8 nitrogen and oxygen atoms in total. The molecule has 4 rings (SSSR count). The van der Waals surface area contributed by atoms with Gasteiger partial charge in [0.1, 0.15) is 18.3 Å². The number of anilines is 1. The van der Waals surface area contributed by atoms with Crippen LogP contribution in [-0.2, 0) is 26.2 Å². The van der Waals surface area contributed by atoms with E-state index in [-0.39, 0.29) is 23.4 Å². The van der Waals surface area contributed by atoms with E-state index in [1.54, 1.807) is 49.4 Å². The van der Waals surface area contributed by atoms with E-state index in [9.17, 15) is 18.0 Å². The molecular weight excluding hydrogens is 677 g/mol. The van der Waals surface area contributed by atoms with Gasteiger partial charge in [0.25, 0.3) is 10.0 Å². The SMILES string of the molecule is COc1ccc(S(=O)(=O)N(CC(=O)N(Cc2c(Cl)cccc2Cl)[C@H](C)C(=O)NC2CCCC2)c2ccc(C)cc2)cc1Br. The molecule has 0 spiro atoms. The lowest BCUT2D eigenvalue weighted by molar-refractivity contribution is -0.139. The molecule has 43 heavy (non-hydrogen) atoms. The van der Waals surface area contributed by atoms with Crippen LogP contribution in [0.2, 0.25) is 10.0 Å². The van der Waals surface area contributed by atoms with Gasteiger partial charge in [0.15, 0.2) is 0 Å². The predicted molar refractivity (Wildman–Crippen MR) is 173 cm³/mol. The molecule has 3 aromatic carbocycles. The first-order valence-corrected chi connectivity index (χ1v) is 16.9. The smallest absolute Gasteiger partial charge is 0.264 e. The molecule has 1 saturated carbocycles. The van der Waals surface area contributed by atoms with Crippen LogP contribution in [0.1, 0.15) is 43.7 Å². The number of aryl methyl sites for hydroxylation is 1. The summed E-state index contributed by atoms with van der Waals surface area (Å²) in [6.07, 6.45) is 3.81. The number of sulfonamides is 1. The van der Waals surface area contributed by atoms with Crippen molar-refractivity contribution in [3.8, 4) is 5.75 Å². The molecule has 0 aliphatic heterocycles. The highest BCUT2D eigenvalue weighted by Gasteiger charge is 2.34. The second-order valence-electron chi connectivity index (χ2n) is 10.5. The topological polar surface area (TPSA) is 96.0 Å². The van der Waals surface area contributed by atoms with Gasteiger partial charge in [-0.3, -0.25) is 13.9 Å². The summed E-state index contributed by atoms with van der Waals surface area (Å²) in [5, 5.41) is 3.71. The molecular formula is C31H34BrCl2N3O5S. The fourth-order valence-corrected chi connectivity index (χ4v) is 7.65. The molecule has 1 fully saturated rings. The van der Waals surface area contributed by atoms with Crippen LogP contribution in [0.5, 0.6) is 5.75 Å². The molecule has 2 amide bonds. The Kier molecular flexibility index (Phi) is 11.0. The average Bonchev–Trinajstić information content (AvgIpc) is 3.49. The fourth-order valence-electron chi connectivity index (χ4n) is 5.00.